The normalized spacial score (nSPS) is 14.4. The molecule has 1 aromatic rings. The van der Waals surface area contributed by atoms with Gasteiger partial charge >= 0.3 is 5.97 Å². The molecule has 2 rings (SSSR count). The van der Waals surface area contributed by atoms with E-state index < -0.39 is 0 Å². The standard InChI is InChI=1S/C22H32N2O4/c1-16-8-7-9-17(2)22(16)23-19(25)14-24(3)20(26)15-28-21(27)13-12-18-10-5-4-6-11-18/h7-9,18H,4-6,10-15H2,1-3H3,(H,23,25). The van der Waals surface area contributed by atoms with Crippen molar-refractivity contribution in [3.8, 4) is 0 Å². The summed E-state index contributed by atoms with van der Waals surface area (Å²) >= 11 is 0. The smallest absolute Gasteiger partial charge is 0.306 e. The van der Waals surface area contributed by atoms with Crippen molar-refractivity contribution in [1.29, 1.82) is 0 Å². The first-order valence-electron chi connectivity index (χ1n) is 10.1. The van der Waals surface area contributed by atoms with Crippen LogP contribution in [0.4, 0.5) is 5.69 Å². The number of carbonyl (C=O) groups excluding carboxylic acids is 3. The van der Waals surface area contributed by atoms with Gasteiger partial charge in [-0.2, -0.15) is 0 Å². The van der Waals surface area contributed by atoms with E-state index in [9.17, 15) is 14.4 Å². The molecule has 0 spiro atoms. The minimum atomic E-state index is -0.386. The number of nitrogens with zero attached hydrogens (tertiary/aromatic N) is 1. The molecular weight excluding hydrogens is 356 g/mol. The maximum atomic E-state index is 12.2. The third kappa shape index (κ3) is 6.98. The Hall–Kier alpha value is -2.37. The van der Waals surface area contributed by atoms with E-state index in [1.165, 1.54) is 44.1 Å². The Morgan fingerprint density at radius 1 is 1.11 bits per heavy atom. The number of anilines is 1. The lowest BCUT2D eigenvalue weighted by Crippen LogP contribution is -2.37. The van der Waals surface area contributed by atoms with Gasteiger partial charge in [0.05, 0.1) is 6.54 Å². The van der Waals surface area contributed by atoms with Gasteiger partial charge in [-0.15, -0.1) is 0 Å². The highest BCUT2D eigenvalue weighted by Gasteiger charge is 2.18. The molecule has 1 aromatic carbocycles. The van der Waals surface area contributed by atoms with Gasteiger partial charge in [0.25, 0.3) is 5.91 Å². The number of aryl methyl sites for hydroxylation is 2. The number of carbonyl (C=O) groups is 3. The molecule has 1 N–H and O–H groups in total. The Morgan fingerprint density at radius 2 is 1.75 bits per heavy atom. The van der Waals surface area contributed by atoms with Gasteiger partial charge in [0.15, 0.2) is 6.61 Å². The molecule has 28 heavy (non-hydrogen) atoms. The van der Waals surface area contributed by atoms with Crippen molar-refractivity contribution >= 4 is 23.5 Å². The molecule has 2 amide bonds. The number of rotatable bonds is 8. The van der Waals surface area contributed by atoms with Crippen molar-refractivity contribution in [2.45, 2.75) is 58.8 Å². The molecular formula is C22H32N2O4. The molecule has 0 aromatic heterocycles. The summed E-state index contributed by atoms with van der Waals surface area (Å²) < 4.78 is 5.09. The molecule has 154 valence electrons. The van der Waals surface area contributed by atoms with Gasteiger partial charge < -0.3 is 15.0 Å². The minimum absolute atomic E-state index is 0.0910. The van der Waals surface area contributed by atoms with E-state index >= 15 is 0 Å². The Balaban J connectivity index is 1.70. The number of hydrogen-bond donors (Lipinski definition) is 1. The number of nitrogens with one attached hydrogen (secondary N) is 1. The lowest BCUT2D eigenvalue weighted by Gasteiger charge is -2.21. The van der Waals surface area contributed by atoms with E-state index in [2.05, 4.69) is 5.32 Å². The average Bonchev–Trinajstić information content (AvgIpc) is 2.68. The largest absolute Gasteiger partial charge is 0.456 e. The molecule has 0 heterocycles. The zero-order valence-electron chi connectivity index (χ0n) is 17.3. The first-order valence-corrected chi connectivity index (χ1v) is 10.1. The predicted molar refractivity (Wildman–Crippen MR) is 109 cm³/mol. The van der Waals surface area contributed by atoms with Crippen LogP contribution >= 0.6 is 0 Å². The highest BCUT2D eigenvalue weighted by molar-refractivity contribution is 5.96. The highest BCUT2D eigenvalue weighted by Crippen LogP contribution is 2.27. The molecule has 0 aliphatic heterocycles. The van der Waals surface area contributed by atoms with Crippen molar-refractivity contribution in [1.82, 2.24) is 4.90 Å². The number of amides is 2. The van der Waals surface area contributed by atoms with Crippen LogP contribution in [0, 0.1) is 19.8 Å². The molecule has 1 saturated carbocycles. The average molecular weight is 389 g/mol. The highest BCUT2D eigenvalue weighted by atomic mass is 16.5. The summed E-state index contributed by atoms with van der Waals surface area (Å²) in [5.41, 5.74) is 2.70. The molecule has 1 aliphatic rings. The summed E-state index contributed by atoms with van der Waals surface area (Å²) in [5, 5.41) is 2.85. The second-order valence-electron chi connectivity index (χ2n) is 7.77. The van der Waals surface area contributed by atoms with Crippen LogP contribution in [0.2, 0.25) is 0 Å². The van der Waals surface area contributed by atoms with Crippen LogP contribution in [0.3, 0.4) is 0 Å². The maximum Gasteiger partial charge on any atom is 0.306 e. The maximum absolute atomic E-state index is 12.2. The van der Waals surface area contributed by atoms with E-state index in [4.69, 9.17) is 4.74 Å². The molecule has 6 nitrogen and oxygen atoms in total. The van der Waals surface area contributed by atoms with Crippen LogP contribution in [0.5, 0.6) is 0 Å². The lowest BCUT2D eigenvalue weighted by molar-refractivity contribution is -0.152. The van der Waals surface area contributed by atoms with E-state index in [1.54, 1.807) is 0 Å². The first-order chi connectivity index (χ1) is 13.4. The van der Waals surface area contributed by atoms with Crippen LogP contribution in [-0.4, -0.2) is 42.9 Å². The van der Waals surface area contributed by atoms with Gasteiger partial charge in [0.1, 0.15) is 0 Å². The van der Waals surface area contributed by atoms with Crippen LogP contribution < -0.4 is 5.32 Å². The molecule has 0 saturated heterocycles. The lowest BCUT2D eigenvalue weighted by atomic mass is 9.86. The van der Waals surface area contributed by atoms with Crippen LogP contribution in [0.1, 0.15) is 56.1 Å². The minimum Gasteiger partial charge on any atom is -0.456 e. The zero-order chi connectivity index (χ0) is 20.5. The summed E-state index contributed by atoms with van der Waals surface area (Å²) in [6, 6.07) is 5.77. The number of likely N-dealkylation sites (N-methyl/N-ethyl adjacent to an activating group) is 1. The van der Waals surface area contributed by atoms with E-state index in [-0.39, 0.29) is 30.9 Å². The monoisotopic (exact) mass is 388 g/mol. The summed E-state index contributed by atoms with van der Waals surface area (Å²) in [4.78, 5) is 37.5. The molecule has 0 radical (unpaired) electrons. The van der Waals surface area contributed by atoms with Crippen molar-refractivity contribution in [3.05, 3.63) is 29.3 Å². The summed E-state index contributed by atoms with van der Waals surface area (Å²) in [6.07, 6.45) is 7.34. The fourth-order valence-corrected chi connectivity index (χ4v) is 3.62. The van der Waals surface area contributed by atoms with Gasteiger partial charge in [0.2, 0.25) is 5.91 Å². The molecule has 1 fully saturated rings. The Kier molecular flexibility index (Phi) is 8.48. The Morgan fingerprint density at radius 3 is 2.39 bits per heavy atom. The number of para-hydroxylation sites is 1. The Labute approximate surface area is 167 Å². The van der Waals surface area contributed by atoms with E-state index in [1.807, 2.05) is 32.0 Å². The SMILES string of the molecule is Cc1cccc(C)c1NC(=O)CN(C)C(=O)COC(=O)CCC1CCCCC1. The fraction of sp³-hybridized carbons (Fsp3) is 0.591. The number of benzene rings is 1. The second kappa shape index (κ2) is 10.8. The van der Waals surface area contributed by atoms with Crippen molar-refractivity contribution < 1.29 is 19.1 Å². The van der Waals surface area contributed by atoms with Crippen LogP contribution in [-0.2, 0) is 19.1 Å². The van der Waals surface area contributed by atoms with Crippen LogP contribution in [0.25, 0.3) is 0 Å². The number of esters is 1. The fourth-order valence-electron chi connectivity index (χ4n) is 3.62. The molecule has 1 aliphatic carbocycles. The van der Waals surface area contributed by atoms with Gasteiger partial charge in [-0.05, 0) is 37.3 Å². The number of ether oxygens (including phenoxy) is 1. The van der Waals surface area contributed by atoms with Crippen molar-refractivity contribution in [3.63, 3.8) is 0 Å². The third-order valence-corrected chi connectivity index (χ3v) is 5.39. The topological polar surface area (TPSA) is 75.7 Å². The molecule has 0 unspecified atom stereocenters. The first kappa shape index (κ1) is 21.9. The van der Waals surface area contributed by atoms with E-state index in [0.717, 1.165) is 23.2 Å². The van der Waals surface area contributed by atoms with E-state index in [0.29, 0.717) is 12.3 Å². The van der Waals surface area contributed by atoms with Crippen molar-refractivity contribution in [2.24, 2.45) is 5.92 Å². The molecule has 0 atom stereocenters. The number of hydrogen-bond acceptors (Lipinski definition) is 4. The third-order valence-electron chi connectivity index (χ3n) is 5.39. The Bertz CT molecular complexity index is 676. The predicted octanol–water partition coefficient (Wildman–Crippen LogP) is 3.60. The van der Waals surface area contributed by atoms with Gasteiger partial charge in [-0.1, -0.05) is 50.3 Å². The van der Waals surface area contributed by atoms with Gasteiger partial charge in [0, 0.05) is 19.2 Å². The van der Waals surface area contributed by atoms with Crippen molar-refractivity contribution in [2.75, 3.05) is 25.5 Å². The quantitative estimate of drug-likeness (QED) is 0.691. The van der Waals surface area contributed by atoms with Gasteiger partial charge in [-0.25, -0.2) is 0 Å². The summed E-state index contributed by atoms with van der Waals surface area (Å²) in [5.74, 6) is -0.403. The second-order valence-corrected chi connectivity index (χ2v) is 7.77. The molecule has 0 bridgehead atoms. The van der Waals surface area contributed by atoms with Crippen LogP contribution in [0.15, 0.2) is 18.2 Å². The summed E-state index contributed by atoms with van der Waals surface area (Å²) in [6.45, 7) is 3.43. The zero-order valence-corrected chi connectivity index (χ0v) is 17.3. The summed E-state index contributed by atoms with van der Waals surface area (Å²) in [7, 11) is 1.53. The molecule has 6 heteroatoms. The van der Waals surface area contributed by atoms with Gasteiger partial charge in [-0.3, -0.25) is 14.4 Å².